The zero-order valence-corrected chi connectivity index (χ0v) is 18.6. The van der Waals surface area contributed by atoms with Crippen LogP contribution in [0.5, 0.6) is 5.75 Å². The summed E-state index contributed by atoms with van der Waals surface area (Å²) in [6.45, 7) is 2.59. The van der Waals surface area contributed by atoms with Crippen LogP contribution >= 0.6 is 12.4 Å². The molecule has 0 saturated carbocycles. The second-order valence-electron chi connectivity index (χ2n) is 7.29. The molecule has 1 fully saturated rings. The highest BCUT2D eigenvalue weighted by Gasteiger charge is 2.21. The van der Waals surface area contributed by atoms with Gasteiger partial charge in [0, 0.05) is 44.1 Å². The van der Waals surface area contributed by atoms with Crippen LogP contribution in [0.25, 0.3) is 0 Å². The van der Waals surface area contributed by atoms with Gasteiger partial charge in [0.25, 0.3) is 5.91 Å². The number of halogens is 3. The Balaban J connectivity index is 0.00000341. The molecule has 170 valence electrons. The molecular formula is C21H25ClF2N2O4S. The number of carbonyl (C=O) groups excluding carboxylic acids is 1. The first-order valence-corrected chi connectivity index (χ1v) is 11.5. The van der Waals surface area contributed by atoms with Crippen molar-refractivity contribution >= 4 is 28.2 Å². The molecule has 1 heterocycles. The molecule has 3 rings (SSSR count). The van der Waals surface area contributed by atoms with Gasteiger partial charge in [0.1, 0.15) is 11.9 Å². The van der Waals surface area contributed by atoms with Gasteiger partial charge in [-0.15, -0.1) is 12.4 Å². The van der Waals surface area contributed by atoms with Crippen LogP contribution in [0.3, 0.4) is 0 Å². The van der Waals surface area contributed by atoms with Crippen LogP contribution in [-0.4, -0.2) is 57.8 Å². The van der Waals surface area contributed by atoms with Crippen LogP contribution in [0.15, 0.2) is 47.4 Å². The van der Waals surface area contributed by atoms with Crippen molar-refractivity contribution in [1.29, 1.82) is 0 Å². The Morgan fingerprint density at radius 1 is 1.13 bits per heavy atom. The molecule has 2 aromatic carbocycles. The average Bonchev–Trinajstić information content (AvgIpc) is 2.71. The molecule has 0 bridgehead atoms. The van der Waals surface area contributed by atoms with Crippen molar-refractivity contribution in [2.24, 2.45) is 0 Å². The minimum absolute atomic E-state index is 0. The van der Waals surface area contributed by atoms with E-state index >= 15 is 0 Å². The molecule has 31 heavy (non-hydrogen) atoms. The van der Waals surface area contributed by atoms with Crippen molar-refractivity contribution in [1.82, 2.24) is 10.2 Å². The molecule has 0 spiro atoms. The maximum absolute atomic E-state index is 13.3. The molecule has 0 unspecified atom stereocenters. The maximum Gasteiger partial charge on any atom is 0.251 e. The lowest BCUT2D eigenvalue weighted by molar-refractivity contribution is 0.0904. The Kier molecular flexibility index (Phi) is 8.79. The largest absolute Gasteiger partial charge is 0.490 e. The molecule has 1 aliphatic rings. The number of nitrogens with one attached hydrogen (secondary N) is 1. The molecule has 0 radical (unpaired) electrons. The normalized spacial score (nSPS) is 15.2. The third-order valence-corrected chi connectivity index (χ3v) is 6.08. The average molecular weight is 475 g/mol. The van der Waals surface area contributed by atoms with Gasteiger partial charge in [0.2, 0.25) is 0 Å². The summed E-state index contributed by atoms with van der Waals surface area (Å²) in [5, 5.41) is 2.80. The number of hydrogen-bond donors (Lipinski definition) is 1. The first-order valence-electron chi connectivity index (χ1n) is 9.65. The second-order valence-corrected chi connectivity index (χ2v) is 9.31. The van der Waals surface area contributed by atoms with Gasteiger partial charge in [0.05, 0.1) is 4.90 Å². The standard InChI is InChI=1S/C21H24F2N2O4S.ClH/c1-30(27,28)18-4-2-3-15(13-18)21(26)24-9-12-25-10-7-16(8-11-25)29-17-5-6-19(22)20(23)14-17;/h2-6,13-14,16H,7-12H2,1H3,(H,24,26);1H. The predicted molar refractivity (Wildman–Crippen MR) is 116 cm³/mol. The Bertz CT molecular complexity index is 1010. The summed E-state index contributed by atoms with van der Waals surface area (Å²) in [6, 6.07) is 9.46. The number of rotatable bonds is 7. The molecule has 0 atom stereocenters. The summed E-state index contributed by atoms with van der Waals surface area (Å²) < 4.78 is 55.2. The van der Waals surface area contributed by atoms with Gasteiger partial charge in [-0.2, -0.15) is 0 Å². The van der Waals surface area contributed by atoms with Gasteiger partial charge in [-0.05, 0) is 43.2 Å². The first-order chi connectivity index (χ1) is 14.2. The molecule has 1 amide bonds. The smallest absolute Gasteiger partial charge is 0.251 e. The summed E-state index contributed by atoms with van der Waals surface area (Å²) in [4.78, 5) is 14.6. The number of nitrogens with zero attached hydrogens (tertiary/aromatic N) is 1. The highest BCUT2D eigenvalue weighted by atomic mass is 35.5. The van der Waals surface area contributed by atoms with E-state index in [0.29, 0.717) is 24.4 Å². The highest BCUT2D eigenvalue weighted by molar-refractivity contribution is 7.90. The van der Waals surface area contributed by atoms with Gasteiger partial charge < -0.3 is 15.0 Å². The van der Waals surface area contributed by atoms with Crippen molar-refractivity contribution in [2.45, 2.75) is 23.8 Å². The van der Waals surface area contributed by atoms with Crippen LogP contribution in [-0.2, 0) is 9.84 Å². The van der Waals surface area contributed by atoms with Gasteiger partial charge in [0.15, 0.2) is 21.5 Å². The van der Waals surface area contributed by atoms with Crippen molar-refractivity contribution in [3.8, 4) is 5.75 Å². The fraction of sp³-hybridized carbons (Fsp3) is 0.381. The third kappa shape index (κ3) is 7.15. The number of sulfone groups is 1. The summed E-state index contributed by atoms with van der Waals surface area (Å²) in [5.41, 5.74) is 0.302. The number of hydrogen-bond acceptors (Lipinski definition) is 5. The molecule has 10 heteroatoms. The van der Waals surface area contributed by atoms with Gasteiger partial charge in [-0.25, -0.2) is 17.2 Å². The lowest BCUT2D eigenvalue weighted by Crippen LogP contribution is -2.42. The Morgan fingerprint density at radius 3 is 2.48 bits per heavy atom. The third-order valence-electron chi connectivity index (χ3n) is 4.97. The zero-order chi connectivity index (χ0) is 21.7. The SMILES string of the molecule is CS(=O)(=O)c1cccc(C(=O)NCCN2CCC(Oc3ccc(F)c(F)c3)CC2)c1.Cl. The van der Waals surface area contributed by atoms with Crippen LogP contribution in [0, 0.1) is 11.6 Å². The van der Waals surface area contributed by atoms with Crippen molar-refractivity contribution in [3.05, 3.63) is 59.7 Å². The van der Waals surface area contributed by atoms with Crippen LogP contribution in [0.1, 0.15) is 23.2 Å². The molecule has 0 aromatic heterocycles. The van der Waals surface area contributed by atoms with E-state index in [4.69, 9.17) is 4.74 Å². The van der Waals surface area contributed by atoms with Crippen LogP contribution in [0.4, 0.5) is 8.78 Å². The molecule has 1 saturated heterocycles. The lowest BCUT2D eigenvalue weighted by atomic mass is 10.1. The topological polar surface area (TPSA) is 75.7 Å². The fourth-order valence-electron chi connectivity index (χ4n) is 3.29. The quantitative estimate of drug-likeness (QED) is 0.667. The number of likely N-dealkylation sites (tertiary alicyclic amines) is 1. The number of piperidine rings is 1. The van der Waals surface area contributed by atoms with Gasteiger partial charge in [-0.3, -0.25) is 4.79 Å². The van der Waals surface area contributed by atoms with E-state index in [2.05, 4.69) is 10.2 Å². The number of ether oxygens (including phenoxy) is 1. The summed E-state index contributed by atoms with van der Waals surface area (Å²) in [5.74, 6) is -1.84. The summed E-state index contributed by atoms with van der Waals surface area (Å²) >= 11 is 0. The van der Waals surface area contributed by atoms with E-state index in [1.54, 1.807) is 12.1 Å². The summed E-state index contributed by atoms with van der Waals surface area (Å²) in [6.07, 6.45) is 2.51. The molecule has 1 aliphatic heterocycles. The van der Waals surface area contributed by atoms with E-state index in [0.717, 1.165) is 44.3 Å². The van der Waals surface area contributed by atoms with Crippen LogP contribution in [0.2, 0.25) is 0 Å². The number of benzene rings is 2. The number of carbonyl (C=O) groups is 1. The maximum atomic E-state index is 13.3. The minimum atomic E-state index is -3.37. The molecular weight excluding hydrogens is 450 g/mol. The van der Waals surface area contributed by atoms with E-state index in [1.165, 1.54) is 18.2 Å². The lowest BCUT2D eigenvalue weighted by Gasteiger charge is -2.32. The predicted octanol–water partition coefficient (Wildman–Crippen LogP) is 3.06. The van der Waals surface area contributed by atoms with E-state index in [1.807, 2.05) is 0 Å². The van der Waals surface area contributed by atoms with Crippen molar-refractivity contribution in [3.63, 3.8) is 0 Å². The first kappa shape index (κ1) is 25.0. The monoisotopic (exact) mass is 474 g/mol. The van der Waals surface area contributed by atoms with E-state index in [-0.39, 0.29) is 29.3 Å². The van der Waals surface area contributed by atoms with Crippen LogP contribution < -0.4 is 10.1 Å². The number of amides is 1. The molecule has 0 aliphatic carbocycles. The van der Waals surface area contributed by atoms with E-state index in [9.17, 15) is 22.0 Å². The van der Waals surface area contributed by atoms with Gasteiger partial charge in [-0.1, -0.05) is 6.07 Å². The Morgan fingerprint density at radius 2 is 1.84 bits per heavy atom. The minimum Gasteiger partial charge on any atom is -0.490 e. The van der Waals surface area contributed by atoms with Gasteiger partial charge >= 0.3 is 0 Å². The Labute approximate surface area is 186 Å². The van der Waals surface area contributed by atoms with Crippen molar-refractivity contribution < 1.29 is 26.7 Å². The van der Waals surface area contributed by atoms with E-state index < -0.39 is 21.5 Å². The second kappa shape index (κ2) is 10.9. The Hall–Kier alpha value is -2.23. The molecule has 6 nitrogen and oxygen atoms in total. The molecule has 2 aromatic rings. The van der Waals surface area contributed by atoms with Crippen molar-refractivity contribution in [2.75, 3.05) is 32.4 Å². The zero-order valence-electron chi connectivity index (χ0n) is 17.0. The summed E-state index contributed by atoms with van der Waals surface area (Å²) in [7, 11) is -3.37. The highest BCUT2D eigenvalue weighted by Crippen LogP contribution is 2.21. The molecule has 1 N–H and O–H groups in total. The fourth-order valence-corrected chi connectivity index (χ4v) is 3.96.